The highest BCUT2D eigenvalue weighted by atomic mass is 16.5. The summed E-state index contributed by atoms with van der Waals surface area (Å²) in [6, 6.07) is 0. The van der Waals surface area contributed by atoms with Gasteiger partial charge in [0.2, 0.25) is 0 Å². The largest absolute Gasteiger partial charge is 0.390 e. The number of hydrogen-bond donors (Lipinski definition) is 2. The Hall–Kier alpha value is -0.120. The first kappa shape index (κ1) is 6.99. The maximum atomic E-state index is 9.03. The molecule has 1 heterocycles. The molecule has 0 unspecified atom stereocenters. The van der Waals surface area contributed by atoms with E-state index in [0.29, 0.717) is 13.0 Å². The van der Waals surface area contributed by atoms with E-state index < -0.39 is 12.2 Å². The Bertz CT molecular complexity index is 74.4. The van der Waals surface area contributed by atoms with Crippen molar-refractivity contribution >= 4 is 0 Å². The number of aliphatic hydroxyl groups is 2. The minimum atomic E-state index is -0.674. The van der Waals surface area contributed by atoms with Crippen LogP contribution < -0.4 is 0 Å². The van der Waals surface area contributed by atoms with Gasteiger partial charge in [0.05, 0.1) is 12.7 Å². The second-order valence-electron chi connectivity index (χ2n) is 2.35. The predicted octanol–water partition coefficient (Wildman–Crippen LogP) is -0.481. The minimum Gasteiger partial charge on any atom is -0.390 e. The van der Waals surface area contributed by atoms with E-state index in [2.05, 4.69) is 0 Å². The molecule has 1 fully saturated rings. The van der Waals surface area contributed by atoms with Gasteiger partial charge in [-0.2, -0.15) is 0 Å². The molecule has 3 nitrogen and oxygen atoms in total. The normalized spacial score (nSPS) is 38.0. The zero-order chi connectivity index (χ0) is 6.69. The van der Waals surface area contributed by atoms with Gasteiger partial charge in [0.15, 0.2) is 0 Å². The third-order valence-electron chi connectivity index (χ3n) is 1.52. The molecule has 0 aromatic carbocycles. The molecular formula is C6H12O3. The van der Waals surface area contributed by atoms with Gasteiger partial charge < -0.3 is 14.9 Å². The summed E-state index contributed by atoms with van der Waals surface area (Å²) in [5.41, 5.74) is 0. The molecule has 1 aliphatic heterocycles. The van der Waals surface area contributed by atoms with Gasteiger partial charge in [-0.3, -0.25) is 0 Å². The fraction of sp³-hybridized carbons (Fsp3) is 1.00. The van der Waals surface area contributed by atoms with Gasteiger partial charge in [-0.05, 0) is 12.8 Å². The first-order chi connectivity index (χ1) is 4.30. The lowest BCUT2D eigenvalue weighted by Gasteiger charge is -2.11. The molecule has 0 saturated carbocycles. The van der Waals surface area contributed by atoms with E-state index in [4.69, 9.17) is 14.9 Å². The molecule has 2 atom stereocenters. The predicted molar refractivity (Wildman–Crippen MR) is 32.1 cm³/mol. The van der Waals surface area contributed by atoms with Gasteiger partial charge in [0.1, 0.15) is 6.10 Å². The summed E-state index contributed by atoms with van der Waals surface area (Å²) >= 11 is 0. The Labute approximate surface area is 54.3 Å². The molecule has 0 aliphatic carbocycles. The van der Waals surface area contributed by atoms with Gasteiger partial charge >= 0.3 is 0 Å². The number of rotatable bonds is 0. The Kier molecular flexibility index (Phi) is 2.45. The smallest absolute Gasteiger partial charge is 0.103 e. The maximum Gasteiger partial charge on any atom is 0.103 e. The van der Waals surface area contributed by atoms with Gasteiger partial charge in [-0.25, -0.2) is 0 Å². The van der Waals surface area contributed by atoms with Crippen LogP contribution >= 0.6 is 0 Å². The fourth-order valence-corrected chi connectivity index (χ4v) is 0.902. The number of ether oxygens (including phenoxy) is 1. The van der Waals surface area contributed by atoms with Crippen molar-refractivity contribution in [3.05, 3.63) is 0 Å². The Morgan fingerprint density at radius 2 is 2.00 bits per heavy atom. The molecule has 1 rings (SSSR count). The van der Waals surface area contributed by atoms with Crippen molar-refractivity contribution in [2.24, 2.45) is 0 Å². The van der Waals surface area contributed by atoms with Crippen LogP contribution in [0.5, 0.6) is 0 Å². The summed E-state index contributed by atoms with van der Waals surface area (Å²) in [6.07, 6.45) is 0.249. The van der Waals surface area contributed by atoms with Crippen LogP contribution in [0.3, 0.4) is 0 Å². The number of hydrogen-bond acceptors (Lipinski definition) is 3. The van der Waals surface area contributed by atoms with Crippen LogP contribution in [0.2, 0.25) is 0 Å². The van der Waals surface area contributed by atoms with Crippen LogP contribution in [0.1, 0.15) is 12.8 Å². The SMILES string of the molecule is O[C@@H]1COCCC[C@@H]1O. The van der Waals surface area contributed by atoms with Gasteiger partial charge in [0.25, 0.3) is 0 Å². The van der Waals surface area contributed by atoms with Gasteiger partial charge in [-0.1, -0.05) is 0 Å². The molecule has 0 radical (unpaired) electrons. The van der Waals surface area contributed by atoms with Crippen molar-refractivity contribution in [1.29, 1.82) is 0 Å². The molecule has 0 spiro atoms. The first-order valence-corrected chi connectivity index (χ1v) is 3.24. The summed E-state index contributed by atoms with van der Waals surface area (Å²) in [5, 5.41) is 18.0. The van der Waals surface area contributed by atoms with Gasteiger partial charge in [-0.15, -0.1) is 0 Å². The summed E-state index contributed by atoms with van der Waals surface area (Å²) < 4.78 is 4.97. The molecule has 0 bridgehead atoms. The standard InChI is InChI=1S/C6H12O3/c7-5-2-1-3-9-4-6(5)8/h5-8H,1-4H2/t5-,6+/m0/s1. The van der Waals surface area contributed by atoms with Crippen molar-refractivity contribution in [3.63, 3.8) is 0 Å². The van der Waals surface area contributed by atoms with Crippen LogP contribution in [-0.4, -0.2) is 35.6 Å². The van der Waals surface area contributed by atoms with E-state index in [1.54, 1.807) is 0 Å². The first-order valence-electron chi connectivity index (χ1n) is 3.24. The summed E-state index contributed by atoms with van der Waals surface area (Å²) in [7, 11) is 0. The summed E-state index contributed by atoms with van der Waals surface area (Å²) in [6.45, 7) is 0.940. The lowest BCUT2D eigenvalue weighted by atomic mass is 10.1. The third kappa shape index (κ3) is 1.93. The highest BCUT2D eigenvalue weighted by molar-refractivity contribution is 4.68. The topological polar surface area (TPSA) is 49.7 Å². The lowest BCUT2D eigenvalue weighted by Crippen LogP contribution is -2.27. The molecule has 1 saturated heterocycles. The summed E-state index contributed by atoms with van der Waals surface area (Å²) in [5.74, 6) is 0. The molecule has 0 amide bonds. The second kappa shape index (κ2) is 3.15. The van der Waals surface area contributed by atoms with Crippen LogP contribution in [-0.2, 0) is 4.74 Å². The second-order valence-corrected chi connectivity index (χ2v) is 2.35. The highest BCUT2D eigenvalue weighted by Gasteiger charge is 2.18. The van der Waals surface area contributed by atoms with E-state index >= 15 is 0 Å². The van der Waals surface area contributed by atoms with E-state index in [0.717, 1.165) is 6.42 Å². The van der Waals surface area contributed by atoms with Crippen molar-refractivity contribution in [3.8, 4) is 0 Å². The van der Waals surface area contributed by atoms with E-state index in [-0.39, 0.29) is 6.61 Å². The number of aliphatic hydroxyl groups excluding tert-OH is 2. The average molecular weight is 132 g/mol. The Balaban J connectivity index is 2.32. The van der Waals surface area contributed by atoms with Crippen molar-refractivity contribution in [2.45, 2.75) is 25.0 Å². The lowest BCUT2D eigenvalue weighted by molar-refractivity contribution is -0.0173. The van der Waals surface area contributed by atoms with Crippen LogP contribution in [0, 0.1) is 0 Å². The molecular weight excluding hydrogens is 120 g/mol. The van der Waals surface area contributed by atoms with Crippen molar-refractivity contribution in [1.82, 2.24) is 0 Å². The van der Waals surface area contributed by atoms with E-state index in [9.17, 15) is 0 Å². The van der Waals surface area contributed by atoms with Gasteiger partial charge in [0, 0.05) is 6.61 Å². The van der Waals surface area contributed by atoms with Crippen molar-refractivity contribution in [2.75, 3.05) is 13.2 Å². The molecule has 3 heteroatoms. The quantitative estimate of drug-likeness (QED) is 0.468. The third-order valence-corrected chi connectivity index (χ3v) is 1.52. The van der Waals surface area contributed by atoms with E-state index in [1.807, 2.05) is 0 Å². The fourth-order valence-electron chi connectivity index (χ4n) is 0.902. The maximum absolute atomic E-state index is 9.03. The monoisotopic (exact) mass is 132 g/mol. The Morgan fingerprint density at radius 3 is 2.78 bits per heavy atom. The molecule has 54 valence electrons. The molecule has 0 aromatic rings. The van der Waals surface area contributed by atoms with Crippen molar-refractivity contribution < 1.29 is 14.9 Å². The minimum absolute atomic E-state index is 0.279. The average Bonchev–Trinajstić information content (AvgIpc) is 1.99. The zero-order valence-corrected chi connectivity index (χ0v) is 5.29. The van der Waals surface area contributed by atoms with Crippen LogP contribution in [0.15, 0.2) is 0 Å². The summed E-state index contributed by atoms with van der Waals surface area (Å²) in [4.78, 5) is 0. The molecule has 1 aliphatic rings. The Morgan fingerprint density at radius 1 is 1.22 bits per heavy atom. The molecule has 0 aromatic heterocycles. The van der Waals surface area contributed by atoms with Crippen LogP contribution in [0.4, 0.5) is 0 Å². The van der Waals surface area contributed by atoms with E-state index in [1.165, 1.54) is 0 Å². The highest BCUT2D eigenvalue weighted by Crippen LogP contribution is 2.07. The zero-order valence-electron chi connectivity index (χ0n) is 5.29. The van der Waals surface area contributed by atoms with Crippen LogP contribution in [0.25, 0.3) is 0 Å². The molecule has 2 N–H and O–H groups in total. The molecule has 9 heavy (non-hydrogen) atoms.